The van der Waals surface area contributed by atoms with E-state index in [-0.39, 0.29) is 0 Å². The Kier molecular flexibility index (Phi) is 5.45. The molecule has 0 fully saturated rings. The zero-order valence-electron chi connectivity index (χ0n) is 14.5. The number of rotatable bonds is 5. The summed E-state index contributed by atoms with van der Waals surface area (Å²) in [6.07, 6.45) is 1.74. The molecule has 4 aromatic rings. The summed E-state index contributed by atoms with van der Waals surface area (Å²) >= 11 is 4.83. The molecule has 138 valence electrons. The van der Waals surface area contributed by atoms with E-state index in [0.717, 1.165) is 26.7 Å². The minimum Gasteiger partial charge on any atom is -0.423 e. The monoisotopic (exact) mass is 451 g/mol. The molecule has 0 bridgehead atoms. The SMILES string of the molecule is O=C(Oc1cccc(Nc2nc(-c3ccccn3)cs2)c1)c1ccc(Br)cc1. The molecule has 0 aliphatic carbocycles. The number of ether oxygens (including phenoxy) is 1. The highest BCUT2D eigenvalue weighted by atomic mass is 79.9. The molecule has 1 N–H and O–H groups in total. The van der Waals surface area contributed by atoms with Gasteiger partial charge in [0.1, 0.15) is 11.4 Å². The van der Waals surface area contributed by atoms with Gasteiger partial charge in [-0.3, -0.25) is 4.98 Å². The molecule has 2 aromatic carbocycles. The Bertz CT molecular complexity index is 1100. The molecule has 7 heteroatoms. The summed E-state index contributed by atoms with van der Waals surface area (Å²) in [5.41, 5.74) is 2.90. The van der Waals surface area contributed by atoms with Crippen molar-refractivity contribution in [1.82, 2.24) is 9.97 Å². The number of nitrogens with zero attached hydrogens (tertiary/aromatic N) is 2. The Labute approximate surface area is 174 Å². The van der Waals surface area contributed by atoms with Crippen LogP contribution in [-0.2, 0) is 0 Å². The van der Waals surface area contributed by atoms with E-state index in [1.54, 1.807) is 42.6 Å². The molecule has 0 unspecified atom stereocenters. The van der Waals surface area contributed by atoms with Gasteiger partial charge in [-0.15, -0.1) is 11.3 Å². The molecule has 0 amide bonds. The number of nitrogens with one attached hydrogen (secondary N) is 1. The van der Waals surface area contributed by atoms with Crippen LogP contribution in [0.2, 0.25) is 0 Å². The van der Waals surface area contributed by atoms with Crippen molar-refractivity contribution in [1.29, 1.82) is 0 Å². The molecule has 2 heterocycles. The van der Waals surface area contributed by atoms with Crippen LogP contribution in [0.4, 0.5) is 10.8 Å². The Morgan fingerprint density at radius 3 is 2.64 bits per heavy atom. The van der Waals surface area contributed by atoms with E-state index in [2.05, 4.69) is 31.2 Å². The standard InChI is InChI=1S/C21H14BrN3O2S/c22-15-9-7-14(8-10-15)20(26)27-17-5-3-4-16(12-17)24-21-25-19(13-28-21)18-6-1-2-11-23-18/h1-13H,(H,24,25). The van der Waals surface area contributed by atoms with Crippen LogP contribution < -0.4 is 10.1 Å². The van der Waals surface area contributed by atoms with Crippen molar-refractivity contribution in [2.45, 2.75) is 0 Å². The van der Waals surface area contributed by atoms with E-state index in [0.29, 0.717) is 11.3 Å². The number of pyridine rings is 1. The van der Waals surface area contributed by atoms with Crippen molar-refractivity contribution < 1.29 is 9.53 Å². The fourth-order valence-electron chi connectivity index (χ4n) is 2.48. The molecule has 0 radical (unpaired) electrons. The van der Waals surface area contributed by atoms with Crippen LogP contribution >= 0.6 is 27.3 Å². The summed E-state index contributed by atoms with van der Waals surface area (Å²) in [7, 11) is 0. The predicted molar refractivity (Wildman–Crippen MR) is 114 cm³/mol. The van der Waals surface area contributed by atoms with Crippen LogP contribution in [0.15, 0.2) is 82.8 Å². The lowest BCUT2D eigenvalue weighted by atomic mass is 10.2. The summed E-state index contributed by atoms with van der Waals surface area (Å²) in [6.45, 7) is 0. The fourth-order valence-corrected chi connectivity index (χ4v) is 3.46. The van der Waals surface area contributed by atoms with Crippen LogP contribution in [0.5, 0.6) is 5.75 Å². The van der Waals surface area contributed by atoms with Crippen LogP contribution in [-0.4, -0.2) is 15.9 Å². The largest absolute Gasteiger partial charge is 0.423 e. The highest BCUT2D eigenvalue weighted by Gasteiger charge is 2.10. The minimum absolute atomic E-state index is 0.406. The number of carbonyl (C=O) groups is 1. The van der Waals surface area contributed by atoms with Gasteiger partial charge >= 0.3 is 5.97 Å². The maximum absolute atomic E-state index is 12.3. The quantitative estimate of drug-likeness (QED) is 0.300. The Balaban J connectivity index is 1.46. The number of anilines is 2. The second-order valence-electron chi connectivity index (χ2n) is 5.80. The van der Waals surface area contributed by atoms with E-state index >= 15 is 0 Å². The summed E-state index contributed by atoms with van der Waals surface area (Å²) < 4.78 is 6.38. The molecule has 0 atom stereocenters. The third-order valence-electron chi connectivity index (χ3n) is 3.81. The highest BCUT2D eigenvalue weighted by molar-refractivity contribution is 9.10. The molecule has 2 aromatic heterocycles. The van der Waals surface area contributed by atoms with Gasteiger partial charge in [-0.2, -0.15) is 0 Å². The van der Waals surface area contributed by atoms with Crippen molar-refractivity contribution >= 4 is 44.1 Å². The minimum atomic E-state index is -0.406. The third-order valence-corrected chi connectivity index (χ3v) is 5.09. The first-order valence-corrected chi connectivity index (χ1v) is 10.1. The summed E-state index contributed by atoms with van der Waals surface area (Å²) in [5.74, 6) is 0.0516. The van der Waals surface area contributed by atoms with E-state index in [1.807, 2.05) is 35.7 Å². The van der Waals surface area contributed by atoms with Gasteiger partial charge in [0.15, 0.2) is 5.13 Å². The van der Waals surface area contributed by atoms with Gasteiger partial charge in [0, 0.05) is 27.8 Å². The molecule has 0 saturated heterocycles. The van der Waals surface area contributed by atoms with Crippen molar-refractivity contribution in [3.05, 3.63) is 88.3 Å². The number of thiazole rings is 1. The number of carbonyl (C=O) groups excluding carboxylic acids is 1. The van der Waals surface area contributed by atoms with Crippen LogP contribution in [0.3, 0.4) is 0 Å². The molecule has 0 aliphatic heterocycles. The number of benzene rings is 2. The van der Waals surface area contributed by atoms with Gasteiger partial charge in [0.05, 0.1) is 11.3 Å². The first-order chi connectivity index (χ1) is 13.7. The fraction of sp³-hybridized carbons (Fsp3) is 0. The average Bonchev–Trinajstić information content (AvgIpc) is 3.18. The van der Waals surface area contributed by atoms with E-state index in [9.17, 15) is 4.79 Å². The average molecular weight is 452 g/mol. The smallest absolute Gasteiger partial charge is 0.343 e. The van der Waals surface area contributed by atoms with Crippen molar-refractivity contribution in [2.75, 3.05) is 5.32 Å². The zero-order valence-corrected chi connectivity index (χ0v) is 16.9. The molecule has 4 rings (SSSR count). The normalized spacial score (nSPS) is 10.5. The number of halogens is 1. The van der Waals surface area contributed by atoms with Gasteiger partial charge in [0.25, 0.3) is 0 Å². The lowest BCUT2D eigenvalue weighted by molar-refractivity contribution is 0.0735. The molecular weight excluding hydrogens is 438 g/mol. The van der Waals surface area contributed by atoms with Gasteiger partial charge in [-0.25, -0.2) is 9.78 Å². The van der Waals surface area contributed by atoms with E-state index in [4.69, 9.17) is 4.74 Å². The molecule has 0 saturated carbocycles. The number of aromatic nitrogens is 2. The first kappa shape index (κ1) is 18.3. The summed E-state index contributed by atoms with van der Waals surface area (Å²) in [4.78, 5) is 21.1. The van der Waals surface area contributed by atoms with Crippen molar-refractivity contribution in [3.8, 4) is 17.1 Å². The van der Waals surface area contributed by atoms with Gasteiger partial charge in [-0.1, -0.05) is 28.1 Å². The second kappa shape index (κ2) is 8.33. The van der Waals surface area contributed by atoms with Gasteiger partial charge < -0.3 is 10.1 Å². The maximum Gasteiger partial charge on any atom is 0.343 e. The second-order valence-corrected chi connectivity index (χ2v) is 7.58. The first-order valence-electron chi connectivity index (χ1n) is 8.39. The molecule has 5 nitrogen and oxygen atoms in total. The van der Waals surface area contributed by atoms with Crippen LogP contribution in [0, 0.1) is 0 Å². The highest BCUT2D eigenvalue weighted by Crippen LogP contribution is 2.27. The Hall–Kier alpha value is -3.03. The predicted octanol–water partition coefficient (Wildman–Crippen LogP) is 5.93. The van der Waals surface area contributed by atoms with Gasteiger partial charge in [0.2, 0.25) is 0 Å². The number of esters is 1. The van der Waals surface area contributed by atoms with Crippen molar-refractivity contribution in [2.24, 2.45) is 0 Å². The molecular formula is C21H14BrN3O2S. The van der Waals surface area contributed by atoms with Crippen LogP contribution in [0.25, 0.3) is 11.4 Å². The third kappa shape index (κ3) is 4.44. The van der Waals surface area contributed by atoms with E-state index in [1.165, 1.54) is 11.3 Å². The lowest BCUT2D eigenvalue weighted by Gasteiger charge is -2.07. The van der Waals surface area contributed by atoms with E-state index < -0.39 is 5.97 Å². The number of hydrogen-bond donors (Lipinski definition) is 1. The topological polar surface area (TPSA) is 64.1 Å². The lowest BCUT2D eigenvalue weighted by Crippen LogP contribution is -2.08. The molecule has 0 spiro atoms. The van der Waals surface area contributed by atoms with Crippen LogP contribution in [0.1, 0.15) is 10.4 Å². The van der Waals surface area contributed by atoms with Gasteiger partial charge in [-0.05, 0) is 48.5 Å². The van der Waals surface area contributed by atoms with Crippen molar-refractivity contribution in [3.63, 3.8) is 0 Å². The Morgan fingerprint density at radius 1 is 1.00 bits per heavy atom. The Morgan fingerprint density at radius 2 is 1.86 bits per heavy atom. The maximum atomic E-state index is 12.3. The molecule has 28 heavy (non-hydrogen) atoms. The number of hydrogen-bond acceptors (Lipinski definition) is 6. The summed E-state index contributed by atoms with van der Waals surface area (Å²) in [6, 6.07) is 20.0. The zero-order chi connectivity index (χ0) is 19.3. The molecule has 0 aliphatic rings. The summed E-state index contributed by atoms with van der Waals surface area (Å²) in [5, 5.41) is 5.92.